The zero-order chi connectivity index (χ0) is 14.8. The first kappa shape index (κ1) is 13.9. The normalized spacial score (nSPS) is 15.2. The molecule has 1 aliphatic heterocycles. The van der Waals surface area contributed by atoms with E-state index in [9.17, 15) is 4.79 Å². The molecule has 2 aromatic rings. The van der Waals surface area contributed by atoms with Crippen molar-refractivity contribution in [1.29, 1.82) is 0 Å². The molecule has 3 rings (SSSR count). The van der Waals surface area contributed by atoms with Crippen molar-refractivity contribution in [3.05, 3.63) is 40.1 Å². The van der Waals surface area contributed by atoms with Gasteiger partial charge in [-0.05, 0) is 42.0 Å². The monoisotopic (exact) mass is 301 g/mol. The summed E-state index contributed by atoms with van der Waals surface area (Å²) in [6.07, 6.45) is 2.27. The average Bonchev–Trinajstić information content (AvgIpc) is 2.99. The van der Waals surface area contributed by atoms with Crippen LogP contribution in [0.25, 0.3) is 0 Å². The van der Waals surface area contributed by atoms with Gasteiger partial charge in [0.25, 0.3) is 0 Å². The molecule has 4 N–H and O–H groups in total. The van der Waals surface area contributed by atoms with Crippen LogP contribution < -0.4 is 16.4 Å². The zero-order valence-corrected chi connectivity index (χ0v) is 12.8. The van der Waals surface area contributed by atoms with Crippen LogP contribution in [-0.2, 0) is 11.2 Å². The highest BCUT2D eigenvalue weighted by atomic mass is 32.1. The van der Waals surface area contributed by atoms with Gasteiger partial charge in [0.15, 0.2) is 0 Å². The van der Waals surface area contributed by atoms with Crippen LogP contribution in [0, 0.1) is 0 Å². The van der Waals surface area contributed by atoms with Crippen molar-refractivity contribution in [2.75, 3.05) is 16.4 Å². The first-order chi connectivity index (χ1) is 10.2. The Hall–Kier alpha value is -2.01. The van der Waals surface area contributed by atoms with Gasteiger partial charge in [-0.1, -0.05) is 13.0 Å². The molecule has 5 heteroatoms. The fourth-order valence-corrected chi connectivity index (χ4v) is 3.49. The topological polar surface area (TPSA) is 67.1 Å². The summed E-state index contributed by atoms with van der Waals surface area (Å²) in [5.74, 6) is 0.0727. The first-order valence-electron chi connectivity index (χ1n) is 7.19. The van der Waals surface area contributed by atoms with E-state index in [0.717, 1.165) is 35.5 Å². The average molecular weight is 301 g/mol. The quantitative estimate of drug-likeness (QED) is 0.753. The highest BCUT2D eigenvalue weighted by Crippen LogP contribution is 2.34. The fraction of sp³-hybridized carbons (Fsp3) is 0.312. The predicted molar refractivity (Wildman–Crippen MR) is 88.8 cm³/mol. The van der Waals surface area contributed by atoms with Crippen molar-refractivity contribution in [3.63, 3.8) is 0 Å². The van der Waals surface area contributed by atoms with E-state index >= 15 is 0 Å². The molecule has 1 aromatic heterocycles. The van der Waals surface area contributed by atoms with E-state index in [1.165, 1.54) is 4.88 Å². The van der Waals surface area contributed by atoms with E-state index in [4.69, 9.17) is 5.73 Å². The van der Waals surface area contributed by atoms with Crippen LogP contribution in [0.3, 0.4) is 0 Å². The second-order valence-electron chi connectivity index (χ2n) is 5.27. The van der Waals surface area contributed by atoms with E-state index in [-0.39, 0.29) is 11.9 Å². The van der Waals surface area contributed by atoms with Crippen molar-refractivity contribution in [2.45, 2.75) is 32.2 Å². The molecule has 0 spiro atoms. The number of hydrogen-bond donors (Lipinski definition) is 3. The lowest BCUT2D eigenvalue weighted by atomic mass is 10.0. The number of carbonyl (C=O) groups excluding carboxylic acids is 1. The molecule has 0 aliphatic carbocycles. The molecule has 110 valence electrons. The van der Waals surface area contributed by atoms with E-state index in [1.54, 1.807) is 11.3 Å². The van der Waals surface area contributed by atoms with Gasteiger partial charge in [-0.2, -0.15) is 0 Å². The number of thiophene rings is 1. The van der Waals surface area contributed by atoms with Crippen LogP contribution in [0.1, 0.15) is 36.2 Å². The summed E-state index contributed by atoms with van der Waals surface area (Å²) >= 11 is 1.74. The highest BCUT2D eigenvalue weighted by molar-refractivity contribution is 7.10. The fourth-order valence-electron chi connectivity index (χ4n) is 2.62. The minimum Gasteiger partial charge on any atom is -0.397 e. The van der Waals surface area contributed by atoms with Crippen LogP contribution in [0.15, 0.2) is 29.6 Å². The van der Waals surface area contributed by atoms with Gasteiger partial charge in [0.1, 0.15) is 0 Å². The van der Waals surface area contributed by atoms with E-state index < -0.39 is 0 Å². The van der Waals surface area contributed by atoms with Crippen molar-refractivity contribution < 1.29 is 4.79 Å². The minimum atomic E-state index is 0.0727. The van der Waals surface area contributed by atoms with Gasteiger partial charge in [-0.3, -0.25) is 4.79 Å². The molecule has 1 aliphatic rings. The summed E-state index contributed by atoms with van der Waals surface area (Å²) in [7, 11) is 0. The van der Waals surface area contributed by atoms with Crippen LogP contribution in [0.5, 0.6) is 0 Å². The number of rotatable bonds is 4. The number of hydrogen-bond acceptors (Lipinski definition) is 4. The summed E-state index contributed by atoms with van der Waals surface area (Å²) in [6, 6.07) is 8.35. The van der Waals surface area contributed by atoms with Gasteiger partial charge in [0.05, 0.1) is 17.4 Å². The van der Waals surface area contributed by atoms with Gasteiger partial charge in [-0.15, -0.1) is 11.3 Å². The molecule has 1 amide bonds. The molecule has 4 nitrogen and oxygen atoms in total. The molecule has 0 saturated carbocycles. The van der Waals surface area contributed by atoms with E-state index in [0.29, 0.717) is 6.42 Å². The Labute approximate surface area is 128 Å². The third-order valence-electron chi connectivity index (χ3n) is 3.80. The number of anilines is 3. The van der Waals surface area contributed by atoms with Gasteiger partial charge in [-0.25, -0.2) is 0 Å². The molecule has 1 atom stereocenters. The van der Waals surface area contributed by atoms with Gasteiger partial charge >= 0.3 is 0 Å². The summed E-state index contributed by atoms with van der Waals surface area (Å²) < 4.78 is 0. The van der Waals surface area contributed by atoms with Crippen LogP contribution in [-0.4, -0.2) is 5.91 Å². The second kappa shape index (κ2) is 5.77. The molecule has 1 unspecified atom stereocenters. The molecule has 0 fully saturated rings. The number of nitrogens with one attached hydrogen (secondary N) is 2. The van der Waals surface area contributed by atoms with Crippen LogP contribution >= 0.6 is 11.3 Å². The van der Waals surface area contributed by atoms with Crippen LogP contribution in [0.2, 0.25) is 0 Å². The Balaban J connectivity index is 1.88. The third kappa shape index (κ3) is 2.88. The largest absolute Gasteiger partial charge is 0.397 e. The molecular weight excluding hydrogens is 282 g/mol. The van der Waals surface area contributed by atoms with Crippen molar-refractivity contribution in [3.8, 4) is 0 Å². The van der Waals surface area contributed by atoms with E-state index in [2.05, 4.69) is 35.1 Å². The lowest BCUT2D eigenvalue weighted by Gasteiger charge is -2.22. The van der Waals surface area contributed by atoms with Crippen molar-refractivity contribution >= 4 is 34.3 Å². The molecule has 0 bridgehead atoms. The molecular formula is C16H19N3OS. The summed E-state index contributed by atoms with van der Waals surface area (Å²) in [4.78, 5) is 12.8. The lowest BCUT2D eigenvalue weighted by molar-refractivity contribution is -0.116. The lowest BCUT2D eigenvalue weighted by Crippen LogP contribution is -2.20. The highest BCUT2D eigenvalue weighted by Gasteiger charge is 2.18. The Morgan fingerprint density at radius 3 is 3.00 bits per heavy atom. The number of benzene rings is 1. The van der Waals surface area contributed by atoms with E-state index in [1.807, 2.05) is 12.1 Å². The minimum absolute atomic E-state index is 0.0727. The molecule has 0 saturated heterocycles. The van der Waals surface area contributed by atoms with Gasteiger partial charge in [0, 0.05) is 17.0 Å². The number of carbonyl (C=O) groups is 1. The SMILES string of the molecule is CCC(Nc1cc2c(cc1N)CCC(=O)N2)c1cccs1. The Bertz CT molecular complexity index is 652. The maximum Gasteiger partial charge on any atom is 0.224 e. The molecule has 21 heavy (non-hydrogen) atoms. The Morgan fingerprint density at radius 1 is 1.43 bits per heavy atom. The molecule has 1 aromatic carbocycles. The number of amides is 1. The summed E-state index contributed by atoms with van der Waals surface area (Å²) in [5, 5.41) is 8.50. The van der Waals surface area contributed by atoms with Gasteiger partial charge in [0.2, 0.25) is 5.91 Å². The Morgan fingerprint density at radius 2 is 2.29 bits per heavy atom. The predicted octanol–water partition coefficient (Wildman–Crippen LogP) is 3.78. The zero-order valence-electron chi connectivity index (χ0n) is 12.0. The maximum absolute atomic E-state index is 11.5. The third-order valence-corrected chi connectivity index (χ3v) is 4.78. The van der Waals surface area contributed by atoms with Gasteiger partial charge < -0.3 is 16.4 Å². The van der Waals surface area contributed by atoms with Crippen molar-refractivity contribution in [1.82, 2.24) is 0 Å². The number of aryl methyl sites for hydroxylation is 1. The number of nitrogen functional groups attached to an aromatic ring is 1. The first-order valence-corrected chi connectivity index (χ1v) is 8.07. The smallest absolute Gasteiger partial charge is 0.224 e. The molecule has 2 heterocycles. The summed E-state index contributed by atoms with van der Waals surface area (Å²) in [5.41, 5.74) is 9.78. The second-order valence-corrected chi connectivity index (χ2v) is 6.24. The number of nitrogens with two attached hydrogens (primary N) is 1. The van der Waals surface area contributed by atoms with Crippen molar-refractivity contribution in [2.24, 2.45) is 0 Å². The Kier molecular flexibility index (Phi) is 3.84. The maximum atomic E-state index is 11.5. The standard InChI is InChI=1S/C16H19N3OS/c1-2-12(15-4-3-7-21-15)18-14-9-13-10(8-11(14)17)5-6-16(20)19-13/h3-4,7-9,12,18H,2,5-6,17H2,1H3,(H,19,20). The molecule has 0 radical (unpaired) electrons. The van der Waals surface area contributed by atoms with Crippen LogP contribution in [0.4, 0.5) is 17.1 Å². The number of fused-ring (bicyclic) bond motifs is 1. The summed E-state index contributed by atoms with van der Waals surface area (Å²) in [6.45, 7) is 2.15.